The number of alkyl halides is 3. The molecule has 2 N–H and O–H groups in total. The van der Waals surface area contributed by atoms with E-state index in [1.807, 2.05) is 18.2 Å². The van der Waals surface area contributed by atoms with Crippen LogP contribution in [0.15, 0.2) is 66.7 Å². The van der Waals surface area contributed by atoms with Gasteiger partial charge < -0.3 is 20.1 Å². The molecule has 2 aliphatic heterocycles. The first-order chi connectivity index (χ1) is 17.9. The normalized spacial score (nSPS) is 19.9. The maximum atomic E-state index is 13.1. The number of hydrogen-bond donors (Lipinski definition) is 2. The van der Waals surface area contributed by atoms with Gasteiger partial charge in [-0.05, 0) is 104 Å². The van der Waals surface area contributed by atoms with E-state index in [-0.39, 0.29) is 11.8 Å². The fraction of sp³-hybridized carbons (Fsp3) is 0.400. The fourth-order valence-corrected chi connectivity index (χ4v) is 5.50. The van der Waals surface area contributed by atoms with Gasteiger partial charge in [-0.2, -0.15) is 13.2 Å². The number of nitrogens with one attached hydrogen (secondary N) is 1. The number of phenolic OH excluding ortho intramolecular Hbond substituents is 1. The fourth-order valence-electron chi connectivity index (χ4n) is 5.50. The zero-order valence-corrected chi connectivity index (χ0v) is 20.8. The molecule has 37 heavy (non-hydrogen) atoms. The van der Waals surface area contributed by atoms with Gasteiger partial charge in [-0.1, -0.05) is 24.6 Å². The van der Waals surface area contributed by atoms with Crippen LogP contribution >= 0.6 is 0 Å². The van der Waals surface area contributed by atoms with Crippen molar-refractivity contribution < 1.29 is 23.0 Å². The van der Waals surface area contributed by atoms with Crippen LogP contribution in [0.3, 0.4) is 0 Å². The van der Waals surface area contributed by atoms with Crippen molar-refractivity contribution in [3.05, 3.63) is 89.0 Å². The quantitative estimate of drug-likeness (QED) is 0.373. The van der Waals surface area contributed by atoms with E-state index in [1.54, 1.807) is 24.3 Å². The third kappa shape index (κ3) is 6.21. The Hall–Kier alpha value is -3.19. The van der Waals surface area contributed by atoms with Crippen LogP contribution < -0.4 is 15.0 Å². The number of phenols is 1. The van der Waals surface area contributed by atoms with Gasteiger partial charge in [0.05, 0.1) is 18.2 Å². The van der Waals surface area contributed by atoms with E-state index in [1.165, 1.54) is 19.3 Å². The van der Waals surface area contributed by atoms with Crippen molar-refractivity contribution in [1.29, 1.82) is 0 Å². The third-order valence-electron chi connectivity index (χ3n) is 7.51. The summed E-state index contributed by atoms with van der Waals surface area (Å²) in [5.41, 5.74) is 3.39. The van der Waals surface area contributed by atoms with Gasteiger partial charge in [0.2, 0.25) is 0 Å². The summed E-state index contributed by atoms with van der Waals surface area (Å²) in [5, 5.41) is 13.5. The Morgan fingerprint density at radius 3 is 2.46 bits per heavy atom. The van der Waals surface area contributed by atoms with Crippen molar-refractivity contribution in [1.82, 2.24) is 5.32 Å². The highest BCUT2D eigenvalue weighted by Gasteiger charge is 2.32. The molecule has 3 aromatic carbocycles. The lowest BCUT2D eigenvalue weighted by molar-refractivity contribution is -0.137. The Morgan fingerprint density at radius 2 is 1.76 bits per heavy atom. The topological polar surface area (TPSA) is 44.7 Å². The molecular weight excluding hydrogens is 477 g/mol. The molecule has 1 saturated heterocycles. The predicted molar refractivity (Wildman–Crippen MR) is 139 cm³/mol. The average molecular weight is 511 g/mol. The zero-order chi connectivity index (χ0) is 25.8. The van der Waals surface area contributed by atoms with Crippen molar-refractivity contribution in [2.75, 3.05) is 24.6 Å². The highest BCUT2D eigenvalue weighted by atomic mass is 19.4. The largest absolute Gasteiger partial charge is 0.508 e. The van der Waals surface area contributed by atoms with Gasteiger partial charge in [0, 0.05) is 18.3 Å². The first-order valence-corrected chi connectivity index (χ1v) is 13.1. The van der Waals surface area contributed by atoms with Gasteiger partial charge in [-0.25, -0.2) is 0 Å². The van der Waals surface area contributed by atoms with Crippen LogP contribution in [0.1, 0.15) is 54.0 Å². The molecule has 0 amide bonds. The van der Waals surface area contributed by atoms with Crippen molar-refractivity contribution in [3.8, 4) is 11.5 Å². The smallest absolute Gasteiger partial charge is 0.416 e. The minimum atomic E-state index is -4.36. The molecular formula is C30H33F3N2O2. The number of anilines is 1. The molecule has 0 radical (unpaired) electrons. The van der Waals surface area contributed by atoms with Crippen LogP contribution in [0.25, 0.3) is 0 Å². The molecule has 4 nitrogen and oxygen atoms in total. The molecule has 2 aliphatic rings. The molecule has 3 aromatic rings. The number of hydrogen-bond acceptors (Lipinski definition) is 4. The monoisotopic (exact) mass is 510 g/mol. The second-order valence-corrected chi connectivity index (χ2v) is 10.0. The summed E-state index contributed by atoms with van der Waals surface area (Å²) in [7, 11) is 0. The van der Waals surface area contributed by atoms with E-state index in [0.29, 0.717) is 32.0 Å². The molecule has 2 unspecified atom stereocenters. The van der Waals surface area contributed by atoms with Gasteiger partial charge in [0.25, 0.3) is 0 Å². The summed E-state index contributed by atoms with van der Waals surface area (Å²) in [6, 6.07) is 19.4. The molecule has 196 valence electrons. The number of fused-ring (bicyclic) bond motifs is 1. The molecule has 0 bridgehead atoms. The molecule has 0 aliphatic carbocycles. The average Bonchev–Trinajstić information content (AvgIpc) is 2.90. The van der Waals surface area contributed by atoms with Gasteiger partial charge in [0.1, 0.15) is 11.5 Å². The number of piperidine rings is 1. The lowest BCUT2D eigenvalue weighted by atomic mass is 9.88. The van der Waals surface area contributed by atoms with E-state index in [2.05, 4.69) is 22.3 Å². The van der Waals surface area contributed by atoms with Gasteiger partial charge in [-0.3, -0.25) is 0 Å². The molecule has 2 atom stereocenters. The second-order valence-electron chi connectivity index (χ2n) is 10.0. The standard InChI is InChI=1S/C30H33F3N2O2/c31-30(32,33)23-6-8-25(9-7-23)35-17-14-22-20-26(36)10-13-28(22)29(35)19-21-4-11-27(12-5-21)37-18-15-24-3-1-2-16-34-24/h4-13,20,24,29,34,36H,1-3,14-19H2. The minimum absolute atomic E-state index is 0.0646. The van der Waals surface area contributed by atoms with Crippen LogP contribution in [0.4, 0.5) is 18.9 Å². The van der Waals surface area contributed by atoms with Crippen molar-refractivity contribution in [3.63, 3.8) is 0 Å². The van der Waals surface area contributed by atoms with Crippen LogP contribution in [0, 0.1) is 0 Å². The summed E-state index contributed by atoms with van der Waals surface area (Å²) < 4.78 is 45.3. The number of nitrogens with zero attached hydrogens (tertiary/aromatic N) is 1. The van der Waals surface area contributed by atoms with Crippen molar-refractivity contribution >= 4 is 5.69 Å². The molecule has 0 aromatic heterocycles. The summed E-state index contributed by atoms with van der Waals surface area (Å²) in [6.45, 7) is 2.42. The number of halogens is 3. The van der Waals surface area contributed by atoms with Crippen LogP contribution in [0.5, 0.6) is 11.5 Å². The summed E-state index contributed by atoms with van der Waals surface area (Å²) in [4.78, 5) is 2.17. The minimum Gasteiger partial charge on any atom is -0.508 e. The maximum Gasteiger partial charge on any atom is 0.416 e. The zero-order valence-electron chi connectivity index (χ0n) is 20.8. The second kappa shape index (κ2) is 11.1. The number of ether oxygens (including phenoxy) is 1. The Morgan fingerprint density at radius 1 is 0.973 bits per heavy atom. The van der Waals surface area contributed by atoms with E-state index in [4.69, 9.17) is 4.74 Å². The van der Waals surface area contributed by atoms with Crippen LogP contribution in [-0.2, 0) is 19.0 Å². The third-order valence-corrected chi connectivity index (χ3v) is 7.51. The number of rotatable bonds is 7. The molecule has 1 fully saturated rings. The SMILES string of the molecule is Oc1ccc2c(c1)CCN(c1ccc(C(F)(F)F)cc1)C2Cc1ccc(OCCC2CCCCN2)cc1. The Bertz CT molecular complexity index is 1170. The van der Waals surface area contributed by atoms with Gasteiger partial charge in [-0.15, -0.1) is 0 Å². The van der Waals surface area contributed by atoms with Crippen LogP contribution in [0.2, 0.25) is 0 Å². The highest BCUT2D eigenvalue weighted by molar-refractivity contribution is 5.54. The Kier molecular flexibility index (Phi) is 7.60. The summed E-state index contributed by atoms with van der Waals surface area (Å²) in [6.07, 6.45) is 1.77. The molecule has 0 saturated carbocycles. The predicted octanol–water partition coefficient (Wildman–Crippen LogP) is 6.67. The number of benzene rings is 3. The van der Waals surface area contributed by atoms with Gasteiger partial charge >= 0.3 is 6.18 Å². The van der Waals surface area contributed by atoms with E-state index in [9.17, 15) is 18.3 Å². The highest BCUT2D eigenvalue weighted by Crippen LogP contribution is 2.39. The lowest BCUT2D eigenvalue weighted by Gasteiger charge is -2.39. The Balaban J connectivity index is 1.31. The van der Waals surface area contributed by atoms with E-state index < -0.39 is 11.7 Å². The Labute approximate surface area is 216 Å². The van der Waals surface area contributed by atoms with E-state index in [0.717, 1.165) is 53.2 Å². The first kappa shape index (κ1) is 25.5. The summed E-state index contributed by atoms with van der Waals surface area (Å²) in [5.74, 6) is 1.07. The maximum absolute atomic E-state index is 13.1. The first-order valence-electron chi connectivity index (χ1n) is 13.1. The molecule has 2 heterocycles. The van der Waals surface area contributed by atoms with Gasteiger partial charge in [0.15, 0.2) is 0 Å². The van der Waals surface area contributed by atoms with Crippen LogP contribution in [-0.4, -0.2) is 30.8 Å². The van der Waals surface area contributed by atoms with Crippen molar-refractivity contribution in [2.45, 2.75) is 56.8 Å². The number of aromatic hydroxyl groups is 1. The lowest BCUT2D eigenvalue weighted by Crippen LogP contribution is -2.36. The van der Waals surface area contributed by atoms with Crippen molar-refractivity contribution in [2.24, 2.45) is 0 Å². The molecule has 5 rings (SSSR count). The summed E-state index contributed by atoms with van der Waals surface area (Å²) >= 11 is 0. The molecule has 7 heteroatoms. The van der Waals surface area contributed by atoms with E-state index >= 15 is 0 Å². The molecule has 0 spiro atoms.